The fourth-order valence-electron chi connectivity index (χ4n) is 1.86. The van der Waals surface area contributed by atoms with E-state index < -0.39 is 24.0 Å². The molecule has 21 heavy (non-hydrogen) atoms. The summed E-state index contributed by atoms with van der Waals surface area (Å²) in [6.07, 6.45) is 0. The van der Waals surface area contributed by atoms with Crippen molar-refractivity contribution in [3.05, 3.63) is 35.9 Å². The van der Waals surface area contributed by atoms with E-state index in [4.69, 9.17) is 9.84 Å². The van der Waals surface area contributed by atoms with Gasteiger partial charge in [-0.2, -0.15) is 0 Å². The molecule has 7 heteroatoms. The summed E-state index contributed by atoms with van der Waals surface area (Å²) in [5, 5.41) is 12.2. The normalized spacial score (nSPS) is 18.9. The van der Waals surface area contributed by atoms with E-state index in [9.17, 15) is 9.59 Å². The smallest absolute Gasteiger partial charge is 0.328 e. The third-order valence-electron chi connectivity index (χ3n) is 2.92. The number of nitrogens with zero attached hydrogens (tertiary/aromatic N) is 1. The molecular weight excluding hydrogens is 292 g/mol. The third kappa shape index (κ3) is 4.05. The van der Waals surface area contributed by atoms with Crippen LogP contribution in [-0.4, -0.2) is 53.6 Å². The first-order chi connectivity index (χ1) is 10.1. The van der Waals surface area contributed by atoms with Gasteiger partial charge in [0.25, 0.3) is 0 Å². The van der Waals surface area contributed by atoms with Gasteiger partial charge in [-0.3, -0.25) is 9.79 Å². The molecule has 112 valence electrons. The van der Waals surface area contributed by atoms with Crippen molar-refractivity contribution in [3.63, 3.8) is 0 Å². The number of hydrogen-bond acceptors (Lipinski definition) is 5. The molecule has 0 radical (unpaired) electrons. The first-order valence-electron chi connectivity index (χ1n) is 6.40. The van der Waals surface area contributed by atoms with Gasteiger partial charge in [0.15, 0.2) is 6.04 Å². The average molecular weight is 308 g/mol. The Balaban J connectivity index is 2.01. The number of carbonyl (C=O) groups is 2. The Morgan fingerprint density at radius 2 is 2.19 bits per heavy atom. The largest absolute Gasteiger partial charge is 0.480 e. The minimum Gasteiger partial charge on any atom is -0.480 e. The van der Waals surface area contributed by atoms with Crippen molar-refractivity contribution in [2.75, 3.05) is 19.5 Å². The number of methoxy groups -OCH3 is 1. The summed E-state index contributed by atoms with van der Waals surface area (Å²) in [7, 11) is 1.39. The van der Waals surface area contributed by atoms with Crippen LogP contribution in [0.1, 0.15) is 5.56 Å². The first-order valence-corrected chi connectivity index (χ1v) is 7.38. The molecular formula is C14H16N2O4S. The zero-order valence-electron chi connectivity index (χ0n) is 11.5. The molecule has 1 aliphatic rings. The number of carboxylic acids is 1. The minimum atomic E-state index is -1.12. The molecule has 2 rings (SSSR count). The lowest BCUT2D eigenvalue weighted by molar-refractivity contribution is -0.143. The summed E-state index contributed by atoms with van der Waals surface area (Å²) in [6.45, 7) is -0.0732. The van der Waals surface area contributed by atoms with Gasteiger partial charge < -0.3 is 15.2 Å². The van der Waals surface area contributed by atoms with Crippen molar-refractivity contribution in [1.82, 2.24) is 5.32 Å². The van der Waals surface area contributed by atoms with E-state index in [0.29, 0.717) is 5.75 Å². The van der Waals surface area contributed by atoms with Crippen LogP contribution in [0.3, 0.4) is 0 Å². The number of aliphatic imine (C=N–C) groups is 1. The van der Waals surface area contributed by atoms with E-state index in [0.717, 1.165) is 10.6 Å². The second kappa shape index (κ2) is 7.24. The number of nitrogens with one attached hydrogen (secondary N) is 1. The second-order valence-electron chi connectivity index (χ2n) is 4.48. The maximum absolute atomic E-state index is 12.1. The van der Waals surface area contributed by atoms with E-state index in [2.05, 4.69) is 10.3 Å². The fraction of sp³-hybridized carbons (Fsp3) is 0.357. The summed E-state index contributed by atoms with van der Waals surface area (Å²) in [5.41, 5.74) is 0.962. The number of benzene rings is 1. The molecule has 2 unspecified atom stereocenters. The Morgan fingerprint density at radius 3 is 2.81 bits per heavy atom. The number of hydrogen-bond donors (Lipinski definition) is 2. The Hall–Kier alpha value is -1.86. The summed E-state index contributed by atoms with van der Waals surface area (Å²) >= 11 is 1.49. The Morgan fingerprint density at radius 1 is 1.48 bits per heavy atom. The molecule has 1 amide bonds. The van der Waals surface area contributed by atoms with Crippen molar-refractivity contribution in [1.29, 1.82) is 0 Å². The van der Waals surface area contributed by atoms with Crippen molar-refractivity contribution >= 4 is 28.7 Å². The van der Waals surface area contributed by atoms with Crippen LogP contribution >= 0.6 is 11.8 Å². The SMILES string of the molecule is COCC(NC(=O)C1CSC(c2ccccc2)=N1)C(=O)O. The van der Waals surface area contributed by atoms with Crippen LogP contribution in [0.5, 0.6) is 0 Å². The number of amides is 1. The zero-order valence-corrected chi connectivity index (χ0v) is 12.3. The zero-order chi connectivity index (χ0) is 15.2. The Kier molecular flexibility index (Phi) is 5.35. The number of carbonyl (C=O) groups excluding carboxylic acids is 1. The van der Waals surface area contributed by atoms with E-state index in [1.54, 1.807) is 0 Å². The molecule has 0 bridgehead atoms. The molecule has 2 N–H and O–H groups in total. The first kappa shape index (κ1) is 15.5. The van der Waals surface area contributed by atoms with Crippen LogP contribution < -0.4 is 5.32 Å². The highest BCUT2D eigenvalue weighted by Crippen LogP contribution is 2.23. The molecule has 1 heterocycles. The molecule has 0 spiro atoms. The van der Waals surface area contributed by atoms with Gasteiger partial charge >= 0.3 is 5.97 Å². The minimum absolute atomic E-state index is 0.0732. The van der Waals surface area contributed by atoms with E-state index in [1.165, 1.54) is 18.9 Å². The maximum atomic E-state index is 12.1. The number of aliphatic carboxylic acids is 1. The Bertz CT molecular complexity index is 547. The predicted molar refractivity (Wildman–Crippen MR) is 80.7 cm³/mol. The highest BCUT2D eigenvalue weighted by Gasteiger charge is 2.29. The van der Waals surface area contributed by atoms with E-state index in [-0.39, 0.29) is 6.61 Å². The molecule has 1 aromatic rings. The van der Waals surface area contributed by atoms with Crippen LogP contribution in [0.4, 0.5) is 0 Å². The van der Waals surface area contributed by atoms with E-state index in [1.807, 2.05) is 30.3 Å². The van der Waals surface area contributed by atoms with Crippen molar-refractivity contribution in [2.24, 2.45) is 4.99 Å². The molecule has 0 saturated carbocycles. The van der Waals surface area contributed by atoms with Crippen molar-refractivity contribution < 1.29 is 19.4 Å². The van der Waals surface area contributed by atoms with Gasteiger partial charge in [-0.1, -0.05) is 30.3 Å². The van der Waals surface area contributed by atoms with Gasteiger partial charge in [0.2, 0.25) is 5.91 Å². The van der Waals surface area contributed by atoms with Crippen LogP contribution in [-0.2, 0) is 14.3 Å². The van der Waals surface area contributed by atoms with Gasteiger partial charge in [0, 0.05) is 18.4 Å². The van der Waals surface area contributed by atoms with Crippen LogP contribution in [0.25, 0.3) is 0 Å². The summed E-state index contributed by atoms with van der Waals surface area (Å²) in [4.78, 5) is 27.4. The van der Waals surface area contributed by atoms with Gasteiger partial charge in [-0.25, -0.2) is 4.79 Å². The average Bonchev–Trinajstić information content (AvgIpc) is 2.97. The van der Waals surface area contributed by atoms with Crippen LogP contribution in [0.15, 0.2) is 35.3 Å². The molecule has 2 atom stereocenters. The van der Waals surface area contributed by atoms with Gasteiger partial charge in [0.1, 0.15) is 6.04 Å². The molecule has 0 aliphatic carbocycles. The lowest BCUT2D eigenvalue weighted by Gasteiger charge is -2.15. The lowest BCUT2D eigenvalue weighted by atomic mass is 10.2. The molecule has 6 nitrogen and oxygen atoms in total. The highest BCUT2D eigenvalue weighted by atomic mass is 32.2. The van der Waals surface area contributed by atoms with E-state index >= 15 is 0 Å². The van der Waals surface area contributed by atoms with Gasteiger partial charge in [-0.15, -0.1) is 11.8 Å². The summed E-state index contributed by atoms with van der Waals surface area (Å²) in [5.74, 6) is -1.00. The second-order valence-corrected chi connectivity index (χ2v) is 5.49. The Labute approximate surface area is 126 Å². The molecule has 0 saturated heterocycles. The highest BCUT2D eigenvalue weighted by molar-refractivity contribution is 8.14. The summed E-state index contributed by atoms with van der Waals surface area (Å²) in [6, 6.07) is 7.97. The molecule has 0 aromatic heterocycles. The third-order valence-corrected chi connectivity index (χ3v) is 4.02. The lowest BCUT2D eigenvalue weighted by Crippen LogP contribution is -2.47. The predicted octanol–water partition coefficient (Wildman–Crippen LogP) is 0.764. The topological polar surface area (TPSA) is 88.0 Å². The number of rotatable bonds is 6. The maximum Gasteiger partial charge on any atom is 0.328 e. The number of ether oxygens (including phenoxy) is 1. The van der Waals surface area contributed by atoms with Gasteiger partial charge in [-0.05, 0) is 0 Å². The molecule has 0 fully saturated rings. The van der Waals surface area contributed by atoms with Crippen molar-refractivity contribution in [2.45, 2.75) is 12.1 Å². The number of carboxylic acid groups (broad SMARTS) is 1. The monoisotopic (exact) mass is 308 g/mol. The molecule has 1 aromatic carbocycles. The standard InChI is InChI=1S/C14H16N2O4S/c1-20-7-10(14(18)19)15-12(17)11-8-21-13(16-11)9-5-3-2-4-6-9/h2-6,10-11H,7-8H2,1H3,(H,15,17)(H,18,19). The van der Waals surface area contributed by atoms with Gasteiger partial charge in [0.05, 0.1) is 11.7 Å². The van der Waals surface area contributed by atoms with Crippen LogP contribution in [0, 0.1) is 0 Å². The van der Waals surface area contributed by atoms with Crippen molar-refractivity contribution in [3.8, 4) is 0 Å². The fourth-order valence-corrected chi connectivity index (χ4v) is 2.90. The van der Waals surface area contributed by atoms with Crippen LogP contribution in [0.2, 0.25) is 0 Å². The summed E-state index contributed by atoms with van der Waals surface area (Å²) < 4.78 is 4.78. The molecule has 1 aliphatic heterocycles. The number of thioether (sulfide) groups is 1. The quantitative estimate of drug-likeness (QED) is 0.810.